The van der Waals surface area contributed by atoms with Gasteiger partial charge in [0.05, 0.1) is 24.1 Å². The minimum Gasteiger partial charge on any atom is -0.495 e. The highest BCUT2D eigenvalue weighted by Gasteiger charge is 2.29. The molecule has 1 N–H and O–H groups in total. The van der Waals surface area contributed by atoms with Crippen LogP contribution < -0.4 is 14.4 Å². The van der Waals surface area contributed by atoms with Crippen molar-refractivity contribution in [3.63, 3.8) is 0 Å². The maximum absolute atomic E-state index is 13.0. The molecule has 26 heavy (non-hydrogen) atoms. The number of rotatable bonds is 6. The smallest absolute Gasteiger partial charge is 0.247 e. The van der Waals surface area contributed by atoms with Gasteiger partial charge in [-0.3, -0.25) is 9.10 Å². The van der Waals surface area contributed by atoms with Gasteiger partial charge in [0.2, 0.25) is 15.9 Å². The van der Waals surface area contributed by atoms with Crippen LogP contribution in [0.1, 0.15) is 6.92 Å². The molecule has 2 aromatic rings. The van der Waals surface area contributed by atoms with Crippen LogP contribution in [0.5, 0.6) is 5.75 Å². The summed E-state index contributed by atoms with van der Waals surface area (Å²) in [5.41, 5.74) is 0.574. The molecule has 0 aliphatic rings. The SMILES string of the molecule is COc1ccc(N(C(C)C(=O)Nc2ccc(F)cc2)S(C)(=O)=O)cc1Cl. The van der Waals surface area contributed by atoms with Gasteiger partial charge in [0.25, 0.3) is 0 Å². The summed E-state index contributed by atoms with van der Waals surface area (Å²) in [5.74, 6) is -0.636. The monoisotopic (exact) mass is 400 g/mol. The van der Waals surface area contributed by atoms with E-state index in [4.69, 9.17) is 16.3 Å². The molecule has 0 spiro atoms. The van der Waals surface area contributed by atoms with Crippen molar-refractivity contribution in [2.24, 2.45) is 0 Å². The van der Waals surface area contributed by atoms with Crippen molar-refractivity contribution < 1.29 is 22.3 Å². The molecule has 1 atom stereocenters. The average Bonchev–Trinajstić information content (AvgIpc) is 2.56. The minimum absolute atomic E-state index is 0.213. The fourth-order valence-electron chi connectivity index (χ4n) is 2.38. The Morgan fingerprint density at radius 1 is 1.23 bits per heavy atom. The normalized spacial score (nSPS) is 12.3. The number of methoxy groups -OCH3 is 1. The van der Waals surface area contributed by atoms with Crippen LogP contribution in [-0.4, -0.2) is 33.7 Å². The van der Waals surface area contributed by atoms with E-state index in [1.165, 1.54) is 56.5 Å². The third-order valence-corrected chi connectivity index (χ3v) is 5.13. The predicted octanol–water partition coefficient (Wildman–Crippen LogP) is 3.28. The molecule has 0 aromatic heterocycles. The molecule has 1 amide bonds. The Morgan fingerprint density at radius 3 is 2.35 bits per heavy atom. The number of nitrogens with zero attached hydrogens (tertiary/aromatic N) is 1. The second kappa shape index (κ2) is 7.92. The van der Waals surface area contributed by atoms with Gasteiger partial charge in [-0.25, -0.2) is 12.8 Å². The van der Waals surface area contributed by atoms with Crippen LogP contribution >= 0.6 is 11.6 Å². The zero-order valence-electron chi connectivity index (χ0n) is 14.4. The zero-order valence-corrected chi connectivity index (χ0v) is 15.9. The van der Waals surface area contributed by atoms with Gasteiger partial charge in [-0.1, -0.05) is 11.6 Å². The third kappa shape index (κ3) is 4.64. The van der Waals surface area contributed by atoms with Crippen molar-refractivity contribution in [3.8, 4) is 5.75 Å². The van der Waals surface area contributed by atoms with E-state index in [1.807, 2.05) is 0 Å². The van der Waals surface area contributed by atoms with Gasteiger partial charge >= 0.3 is 0 Å². The first-order valence-electron chi connectivity index (χ1n) is 7.53. The molecule has 0 saturated carbocycles. The quantitative estimate of drug-likeness (QED) is 0.807. The number of hydrogen-bond donors (Lipinski definition) is 1. The molecule has 0 bridgehead atoms. The van der Waals surface area contributed by atoms with Crippen molar-refractivity contribution in [1.82, 2.24) is 0 Å². The molecule has 1 unspecified atom stereocenters. The molecule has 0 saturated heterocycles. The van der Waals surface area contributed by atoms with Crippen molar-refractivity contribution in [1.29, 1.82) is 0 Å². The molecule has 0 aliphatic carbocycles. The lowest BCUT2D eigenvalue weighted by molar-refractivity contribution is -0.116. The average molecular weight is 401 g/mol. The fourth-order valence-corrected chi connectivity index (χ4v) is 3.80. The molecule has 0 fully saturated rings. The van der Waals surface area contributed by atoms with Crippen LogP contribution in [0.2, 0.25) is 5.02 Å². The fraction of sp³-hybridized carbons (Fsp3) is 0.235. The number of nitrogens with one attached hydrogen (secondary N) is 1. The molecule has 9 heteroatoms. The number of hydrogen-bond acceptors (Lipinski definition) is 4. The second-order valence-electron chi connectivity index (χ2n) is 5.55. The highest BCUT2D eigenvalue weighted by Crippen LogP contribution is 2.31. The summed E-state index contributed by atoms with van der Waals surface area (Å²) in [6.45, 7) is 1.44. The van der Waals surface area contributed by atoms with E-state index in [0.717, 1.165) is 10.6 Å². The molecule has 0 radical (unpaired) electrons. The maximum atomic E-state index is 13.0. The Kier molecular flexibility index (Phi) is 6.09. The van der Waals surface area contributed by atoms with Crippen LogP contribution in [0.3, 0.4) is 0 Å². The van der Waals surface area contributed by atoms with Gasteiger partial charge < -0.3 is 10.1 Å². The van der Waals surface area contributed by atoms with Crippen LogP contribution in [-0.2, 0) is 14.8 Å². The van der Waals surface area contributed by atoms with E-state index in [-0.39, 0.29) is 10.7 Å². The van der Waals surface area contributed by atoms with Crippen molar-refractivity contribution in [2.45, 2.75) is 13.0 Å². The third-order valence-electron chi connectivity index (χ3n) is 3.59. The number of sulfonamides is 1. The summed E-state index contributed by atoms with van der Waals surface area (Å²) in [4.78, 5) is 12.5. The van der Waals surface area contributed by atoms with E-state index in [1.54, 1.807) is 0 Å². The number of amides is 1. The molecule has 140 valence electrons. The summed E-state index contributed by atoms with van der Waals surface area (Å²) in [5, 5.41) is 2.77. The maximum Gasteiger partial charge on any atom is 0.247 e. The number of anilines is 2. The van der Waals surface area contributed by atoms with Gasteiger partial charge in [-0.15, -0.1) is 0 Å². The summed E-state index contributed by atoms with van der Waals surface area (Å²) < 4.78 is 43.5. The molecular formula is C17H18ClFN2O4S. The number of ether oxygens (including phenoxy) is 1. The molecule has 2 rings (SSSR count). The molecule has 6 nitrogen and oxygen atoms in total. The van der Waals surface area contributed by atoms with E-state index >= 15 is 0 Å². The van der Waals surface area contributed by atoms with Crippen molar-refractivity contribution >= 4 is 38.9 Å². The summed E-state index contributed by atoms with van der Waals surface area (Å²) in [7, 11) is -2.35. The Morgan fingerprint density at radius 2 is 1.85 bits per heavy atom. The van der Waals surface area contributed by atoms with Crippen LogP contribution in [0, 0.1) is 5.82 Å². The summed E-state index contributed by atoms with van der Waals surface area (Å²) in [6.07, 6.45) is 0.993. The second-order valence-corrected chi connectivity index (χ2v) is 7.82. The minimum atomic E-state index is -3.78. The molecule has 0 heterocycles. The lowest BCUT2D eigenvalue weighted by Crippen LogP contribution is -2.45. The van der Waals surface area contributed by atoms with E-state index in [2.05, 4.69) is 5.32 Å². The van der Waals surface area contributed by atoms with Gasteiger partial charge in [0, 0.05) is 5.69 Å². The highest BCUT2D eigenvalue weighted by atomic mass is 35.5. The molecule has 2 aromatic carbocycles. The van der Waals surface area contributed by atoms with E-state index in [0.29, 0.717) is 11.4 Å². The zero-order chi connectivity index (χ0) is 19.5. The lowest BCUT2D eigenvalue weighted by atomic mass is 10.2. The van der Waals surface area contributed by atoms with Crippen LogP contribution in [0.4, 0.5) is 15.8 Å². The van der Waals surface area contributed by atoms with Gasteiger partial charge in [0.15, 0.2) is 0 Å². The Balaban J connectivity index is 2.32. The number of halogens is 2. The number of benzene rings is 2. The van der Waals surface area contributed by atoms with E-state index in [9.17, 15) is 17.6 Å². The summed E-state index contributed by atoms with van der Waals surface area (Å²) >= 11 is 6.07. The number of carbonyl (C=O) groups is 1. The van der Waals surface area contributed by atoms with Gasteiger partial charge in [0.1, 0.15) is 17.6 Å². The van der Waals surface area contributed by atoms with Gasteiger partial charge in [-0.05, 0) is 49.4 Å². The number of carbonyl (C=O) groups excluding carboxylic acids is 1. The Hall–Kier alpha value is -2.32. The van der Waals surface area contributed by atoms with E-state index < -0.39 is 27.8 Å². The predicted molar refractivity (Wildman–Crippen MR) is 99.8 cm³/mol. The summed E-state index contributed by atoms with van der Waals surface area (Å²) in [6, 6.07) is 8.50. The van der Waals surface area contributed by atoms with Crippen molar-refractivity contribution in [3.05, 3.63) is 53.3 Å². The van der Waals surface area contributed by atoms with Crippen molar-refractivity contribution in [2.75, 3.05) is 23.0 Å². The van der Waals surface area contributed by atoms with Crippen LogP contribution in [0.25, 0.3) is 0 Å². The highest BCUT2D eigenvalue weighted by molar-refractivity contribution is 7.92. The lowest BCUT2D eigenvalue weighted by Gasteiger charge is -2.28. The Bertz CT molecular complexity index is 903. The standard InChI is InChI=1S/C17H18ClFN2O4S/c1-11(17(22)20-13-6-4-12(19)5-7-13)21(26(3,23)24)14-8-9-16(25-2)15(18)10-14/h4-11H,1-3H3,(H,20,22). The molecular weight excluding hydrogens is 383 g/mol. The Labute approximate surface area is 156 Å². The first kappa shape index (κ1) is 20.0. The molecule has 0 aliphatic heterocycles. The largest absolute Gasteiger partial charge is 0.495 e. The van der Waals surface area contributed by atoms with Gasteiger partial charge in [-0.2, -0.15) is 0 Å². The van der Waals surface area contributed by atoms with Crippen LogP contribution in [0.15, 0.2) is 42.5 Å². The topological polar surface area (TPSA) is 75.7 Å². The first-order chi connectivity index (χ1) is 12.1. The first-order valence-corrected chi connectivity index (χ1v) is 9.75.